The molecule has 0 bridgehead atoms. The third kappa shape index (κ3) is 3.23. The van der Waals surface area contributed by atoms with Crippen molar-refractivity contribution in [2.45, 2.75) is 28.9 Å². The van der Waals surface area contributed by atoms with Crippen LogP contribution in [0.5, 0.6) is 0 Å². The molecule has 0 saturated heterocycles. The van der Waals surface area contributed by atoms with Crippen LogP contribution in [0.3, 0.4) is 0 Å². The Bertz CT molecular complexity index is 287. The monoisotopic (exact) mass is 336 g/mol. The van der Waals surface area contributed by atoms with Gasteiger partial charge in [0.15, 0.2) is 0 Å². The molecule has 0 saturated carbocycles. The number of hydrogen-bond donors (Lipinski definition) is 0. The summed E-state index contributed by atoms with van der Waals surface area (Å²) in [5.41, 5.74) is 0. The van der Waals surface area contributed by atoms with E-state index in [2.05, 4.69) is 23.2 Å². The van der Waals surface area contributed by atoms with Gasteiger partial charge in [-0.1, -0.05) is 0 Å². The third-order valence-electron chi connectivity index (χ3n) is 1.33. The second-order valence-electron chi connectivity index (χ2n) is 2.71. The lowest BCUT2D eigenvalue weighted by molar-refractivity contribution is -0.461. The minimum absolute atomic E-state index is 2.02. The normalized spacial score (nSPS) is 18.7. The largest absolute Gasteiger partial charge is 0.458 e. The van der Waals surface area contributed by atoms with Gasteiger partial charge >= 0.3 is 28.9 Å². The van der Waals surface area contributed by atoms with E-state index in [-0.39, 0.29) is 0 Å². The Morgan fingerprint density at radius 1 is 0.611 bits per heavy atom. The fourth-order valence-electron chi connectivity index (χ4n) is 0.511. The van der Waals surface area contributed by atoms with Gasteiger partial charge in [0.05, 0.1) is 0 Å². The molecular formula is C5Cl2F10O. The van der Waals surface area contributed by atoms with Crippen LogP contribution in [0.25, 0.3) is 0 Å². The molecule has 0 N–H and O–H groups in total. The Kier molecular flexibility index (Phi) is 4.40. The van der Waals surface area contributed by atoms with E-state index in [0.29, 0.717) is 0 Å². The zero-order valence-corrected chi connectivity index (χ0v) is 8.96. The maximum Gasteiger partial charge on any atom is 0.458 e. The fraction of sp³-hybridized carbons (Fsp3) is 1.00. The summed E-state index contributed by atoms with van der Waals surface area (Å²) in [4.78, 5) is 0. The molecule has 18 heavy (non-hydrogen) atoms. The molecule has 1 nitrogen and oxygen atoms in total. The van der Waals surface area contributed by atoms with E-state index >= 15 is 0 Å². The summed E-state index contributed by atoms with van der Waals surface area (Å²) in [7, 11) is 0. The van der Waals surface area contributed by atoms with Gasteiger partial charge in [-0.05, 0) is 23.2 Å². The molecular weight excluding hydrogens is 337 g/mol. The molecule has 0 aromatic rings. The molecule has 1 unspecified atom stereocenters. The van der Waals surface area contributed by atoms with E-state index in [9.17, 15) is 43.9 Å². The number of hydrogen-bond acceptors (Lipinski definition) is 1. The quantitative estimate of drug-likeness (QED) is 0.545. The van der Waals surface area contributed by atoms with Gasteiger partial charge in [0.1, 0.15) is 0 Å². The van der Waals surface area contributed by atoms with Crippen molar-refractivity contribution in [3.63, 3.8) is 0 Å². The molecule has 1 atom stereocenters. The zero-order chi connectivity index (χ0) is 15.2. The van der Waals surface area contributed by atoms with Gasteiger partial charge in [-0.2, -0.15) is 43.9 Å². The molecule has 0 fully saturated rings. The van der Waals surface area contributed by atoms with Crippen LogP contribution in [0.2, 0.25) is 0 Å². The zero-order valence-electron chi connectivity index (χ0n) is 7.44. The summed E-state index contributed by atoms with van der Waals surface area (Å²) in [6.07, 6.45) is -13.8. The molecule has 0 aromatic heterocycles. The Hall–Kier alpha value is -0.160. The first kappa shape index (κ1) is 17.8. The maximum absolute atomic E-state index is 12.6. The lowest BCUT2D eigenvalue weighted by atomic mass is 10.3. The summed E-state index contributed by atoms with van der Waals surface area (Å²) in [5.74, 6) is -6.76. The van der Waals surface area contributed by atoms with Crippen molar-refractivity contribution in [3.05, 3.63) is 0 Å². The van der Waals surface area contributed by atoms with Crippen LogP contribution in [-0.2, 0) is 4.74 Å². The van der Waals surface area contributed by atoms with Crippen LogP contribution < -0.4 is 0 Å². The SMILES string of the molecule is FC(F)(F)C(F)(OC(F)(Cl)C(F)(F)Cl)C(F)(F)F. The van der Waals surface area contributed by atoms with Crippen LogP contribution in [0, 0.1) is 0 Å². The highest BCUT2D eigenvalue weighted by molar-refractivity contribution is 6.31. The summed E-state index contributed by atoms with van der Waals surface area (Å²) < 4.78 is 122. The van der Waals surface area contributed by atoms with E-state index in [1.165, 1.54) is 0 Å². The first-order valence-corrected chi connectivity index (χ1v) is 4.18. The van der Waals surface area contributed by atoms with Gasteiger partial charge in [0.2, 0.25) is 0 Å². The summed E-state index contributed by atoms with van der Waals surface area (Å²) in [6.45, 7) is 0. The first-order chi connectivity index (χ1) is 7.46. The molecule has 0 radical (unpaired) electrons. The molecule has 0 aliphatic rings. The van der Waals surface area contributed by atoms with E-state index in [4.69, 9.17) is 0 Å². The summed E-state index contributed by atoms with van der Waals surface area (Å²) >= 11 is 7.66. The van der Waals surface area contributed by atoms with Crippen LogP contribution in [0.4, 0.5) is 43.9 Å². The average molecular weight is 337 g/mol. The van der Waals surface area contributed by atoms with Crippen molar-refractivity contribution in [1.29, 1.82) is 0 Å². The molecule has 13 heteroatoms. The van der Waals surface area contributed by atoms with Gasteiger partial charge in [0.25, 0.3) is 0 Å². The minimum atomic E-state index is -6.92. The highest BCUT2D eigenvalue weighted by Gasteiger charge is 2.79. The minimum Gasteiger partial charge on any atom is -0.275 e. The molecule has 110 valence electrons. The predicted molar refractivity (Wildman–Crippen MR) is 37.5 cm³/mol. The van der Waals surface area contributed by atoms with Crippen molar-refractivity contribution in [2.24, 2.45) is 0 Å². The Labute approximate surface area is 102 Å². The Balaban J connectivity index is 5.58. The van der Waals surface area contributed by atoms with E-state index in [0.717, 1.165) is 0 Å². The third-order valence-corrected chi connectivity index (χ3v) is 1.98. The smallest absolute Gasteiger partial charge is 0.275 e. The van der Waals surface area contributed by atoms with Crippen molar-refractivity contribution in [3.8, 4) is 0 Å². The number of halogens is 12. The van der Waals surface area contributed by atoms with Crippen molar-refractivity contribution >= 4 is 23.2 Å². The molecule has 0 aliphatic carbocycles. The van der Waals surface area contributed by atoms with Gasteiger partial charge in [-0.3, -0.25) is 4.74 Å². The predicted octanol–water partition coefficient (Wildman–Crippen LogP) is 4.49. The highest BCUT2D eigenvalue weighted by atomic mass is 35.5. The van der Waals surface area contributed by atoms with Gasteiger partial charge in [-0.25, -0.2) is 0 Å². The van der Waals surface area contributed by atoms with Crippen LogP contribution in [-0.4, -0.2) is 28.9 Å². The molecule has 0 amide bonds. The van der Waals surface area contributed by atoms with Gasteiger partial charge in [-0.15, -0.1) is 0 Å². The van der Waals surface area contributed by atoms with Gasteiger partial charge in [0, 0.05) is 0 Å². The maximum atomic E-state index is 12.6. The van der Waals surface area contributed by atoms with E-state index in [1.807, 2.05) is 4.74 Å². The molecule has 0 aromatic carbocycles. The summed E-state index contributed by atoms with van der Waals surface area (Å²) in [5, 5.41) is -11.1. The van der Waals surface area contributed by atoms with E-state index in [1.54, 1.807) is 0 Å². The standard InChI is InChI=1S/C5Cl2F10O/c6-2(9,10)3(7,11)18-1(8,4(12,13)14)5(15,16)17. The second-order valence-corrected chi connectivity index (χ2v) is 3.67. The average Bonchev–Trinajstić information content (AvgIpc) is 1.95. The van der Waals surface area contributed by atoms with Crippen LogP contribution >= 0.6 is 23.2 Å². The molecule has 0 spiro atoms. The van der Waals surface area contributed by atoms with Crippen molar-refractivity contribution in [2.75, 3.05) is 0 Å². The van der Waals surface area contributed by atoms with E-state index < -0.39 is 28.9 Å². The number of ether oxygens (including phenoxy) is 1. The first-order valence-electron chi connectivity index (χ1n) is 3.43. The molecule has 0 aliphatic heterocycles. The highest BCUT2D eigenvalue weighted by Crippen LogP contribution is 2.53. The van der Waals surface area contributed by atoms with Crippen LogP contribution in [0.1, 0.15) is 0 Å². The van der Waals surface area contributed by atoms with Crippen molar-refractivity contribution in [1.82, 2.24) is 0 Å². The Morgan fingerprint density at radius 2 is 0.889 bits per heavy atom. The lowest BCUT2D eigenvalue weighted by Gasteiger charge is -2.34. The van der Waals surface area contributed by atoms with Gasteiger partial charge < -0.3 is 0 Å². The Morgan fingerprint density at radius 3 is 1.06 bits per heavy atom. The number of alkyl halides is 12. The molecule has 0 heterocycles. The van der Waals surface area contributed by atoms with Crippen molar-refractivity contribution < 1.29 is 48.6 Å². The molecule has 0 rings (SSSR count). The fourth-order valence-corrected chi connectivity index (χ4v) is 0.656. The summed E-state index contributed by atoms with van der Waals surface area (Å²) in [6, 6.07) is 0. The van der Waals surface area contributed by atoms with Crippen LogP contribution in [0.15, 0.2) is 0 Å². The topological polar surface area (TPSA) is 9.23 Å². The second kappa shape index (κ2) is 4.44. The lowest BCUT2D eigenvalue weighted by Crippen LogP contribution is -2.60. The number of rotatable bonds is 3.